The number of hydrogen-bond acceptors (Lipinski definition) is 4. The highest BCUT2D eigenvalue weighted by molar-refractivity contribution is 5.92. The maximum Gasteiger partial charge on any atom is 0.321 e. The van der Waals surface area contributed by atoms with Crippen LogP contribution >= 0.6 is 0 Å². The topological polar surface area (TPSA) is 65.0 Å². The molecule has 0 aromatic heterocycles. The molecule has 1 aromatic rings. The zero-order valence-corrected chi connectivity index (χ0v) is 16.8. The second-order valence-electron chi connectivity index (χ2n) is 8.04. The number of carbonyl (C=O) groups excluding carboxylic acids is 1. The van der Waals surface area contributed by atoms with Crippen LogP contribution in [0.25, 0.3) is 0 Å². The lowest BCUT2D eigenvalue weighted by atomic mass is 9.96. The number of piperidine rings is 1. The lowest BCUT2D eigenvalue weighted by molar-refractivity contribution is 0.0951. The fraction of sp³-hybridized carbons (Fsp3) is 0.667. The molecule has 1 aliphatic heterocycles. The number of fused-ring (bicyclic) bond motifs is 1. The number of nitrogens with one attached hydrogen (secondary N) is 1. The first-order valence-electron chi connectivity index (χ1n) is 10.1. The number of anilines is 1. The summed E-state index contributed by atoms with van der Waals surface area (Å²) in [6.45, 7) is 5.31. The summed E-state index contributed by atoms with van der Waals surface area (Å²) in [6.07, 6.45) is 5.05. The Morgan fingerprint density at radius 3 is 2.78 bits per heavy atom. The number of β-amino-alcohol motifs (C(OH)–C–C–N with tert-alkyl or cyclic N) is 1. The van der Waals surface area contributed by atoms with Crippen molar-refractivity contribution in [3.8, 4) is 5.75 Å². The first kappa shape index (κ1) is 20.0. The normalized spacial score (nSPS) is 18.8. The van der Waals surface area contributed by atoms with E-state index in [0.717, 1.165) is 69.7 Å². The number of hydrogen-bond donors (Lipinski definition) is 2. The number of aliphatic hydroxyl groups excluding tert-OH is 1. The van der Waals surface area contributed by atoms with E-state index in [9.17, 15) is 9.90 Å². The van der Waals surface area contributed by atoms with Gasteiger partial charge in [0, 0.05) is 20.1 Å². The zero-order valence-electron chi connectivity index (χ0n) is 16.8. The van der Waals surface area contributed by atoms with Crippen LogP contribution in [0.2, 0.25) is 0 Å². The van der Waals surface area contributed by atoms with Crippen molar-refractivity contribution in [3.05, 3.63) is 23.3 Å². The predicted molar refractivity (Wildman–Crippen MR) is 108 cm³/mol. The van der Waals surface area contributed by atoms with Crippen LogP contribution in [0.5, 0.6) is 5.75 Å². The standard InChI is InChI=1S/C21H33N3O3/c1-15(25)13-24-11-9-16(10-12-24)14-23(2)21(26)22-20-18-6-4-5-17(18)7-8-19(20)27-3/h7-8,15-16,25H,4-6,9-14H2,1-3H3,(H,22,26). The molecule has 0 radical (unpaired) electrons. The summed E-state index contributed by atoms with van der Waals surface area (Å²) in [4.78, 5) is 16.9. The van der Waals surface area contributed by atoms with Gasteiger partial charge in [0.15, 0.2) is 0 Å². The number of carbonyl (C=O) groups is 1. The van der Waals surface area contributed by atoms with E-state index in [1.807, 2.05) is 20.0 Å². The molecule has 1 fully saturated rings. The Kier molecular flexibility index (Phi) is 6.60. The number of ether oxygens (including phenoxy) is 1. The summed E-state index contributed by atoms with van der Waals surface area (Å²) in [5, 5.41) is 12.6. The number of urea groups is 1. The van der Waals surface area contributed by atoms with Crippen LogP contribution in [0.1, 0.15) is 37.3 Å². The van der Waals surface area contributed by atoms with Crippen molar-refractivity contribution in [1.82, 2.24) is 9.80 Å². The second-order valence-corrected chi connectivity index (χ2v) is 8.04. The third-order valence-electron chi connectivity index (χ3n) is 5.80. The van der Waals surface area contributed by atoms with Crippen LogP contribution in [0, 0.1) is 5.92 Å². The molecule has 1 unspecified atom stereocenters. The van der Waals surface area contributed by atoms with Crippen LogP contribution in [-0.4, -0.2) is 67.4 Å². The molecule has 1 aliphatic carbocycles. The monoisotopic (exact) mass is 375 g/mol. The fourth-order valence-electron chi connectivity index (χ4n) is 4.35. The minimum atomic E-state index is -0.280. The Morgan fingerprint density at radius 2 is 2.11 bits per heavy atom. The molecule has 2 aliphatic rings. The van der Waals surface area contributed by atoms with E-state index in [-0.39, 0.29) is 12.1 Å². The summed E-state index contributed by atoms with van der Waals surface area (Å²) in [5.41, 5.74) is 3.39. The Hall–Kier alpha value is -1.79. The Balaban J connectivity index is 1.56. The number of rotatable bonds is 6. The molecule has 3 rings (SSSR count). The van der Waals surface area contributed by atoms with Gasteiger partial charge in [-0.25, -0.2) is 4.79 Å². The van der Waals surface area contributed by atoms with E-state index >= 15 is 0 Å². The molecular formula is C21H33N3O3. The summed E-state index contributed by atoms with van der Waals surface area (Å²) in [6, 6.07) is 4.00. The number of aryl methyl sites for hydroxylation is 1. The zero-order chi connectivity index (χ0) is 19.4. The molecule has 1 saturated heterocycles. The van der Waals surface area contributed by atoms with Crippen LogP contribution in [0.3, 0.4) is 0 Å². The third kappa shape index (κ3) is 4.93. The quantitative estimate of drug-likeness (QED) is 0.802. The summed E-state index contributed by atoms with van der Waals surface area (Å²) < 4.78 is 5.49. The van der Waals surface area contributed by atoms with Gasteiger partial charge in [0.2, 0.25) is 0 Å². The molecule has 0 saturated carbocycles. The number of methoxy groups -OCH3 is 1. The number of amides is 2. The molecule has 6 nitrogen and oxygen atoms in total. The van der Waals surface area contributed by atoms with E-state index in [0.29, 0.717) is 5.92 Å². The SMILES string of the molecule is COc1ccc2c(c1NC(=O)N(C)CC1CCN(CC(C)O)CC1)CCC2. The largest absolute Gasteiger partial charge is 0.495 e. The highest BCUT2D eigenvalue weighted by atomic mass is 16.5. The van der Waals surface area contributed by atoms with E-state index in [1.54, 1.807) is 12.0 Å². The van der Waals surface area contributed by atoms with Gasteiger partial charge >= 0.3 is 6.03 Å². The van der Waals surface area contributed by atoms with Gasteiger partial charge in [0.05, 0.1) is 18.9 Å². The Labute approximate surface area is 162 Å². The van der Waals surface area contributed by atoms with Gasteiger partial charge in [0.25, 0.3) is 0 Å². The van der Waals surface area contributed by atoms with Crippen molar-refractivity contribution < 1.29 is 14.6 Å². The maximum absolute atomic E-state index is 12.8. The number of likely N-dealkylation sites (tertiary alicyclic amines) is 1. The van der Waals surface area contributed by atoms with Crippen molar-refractivity contribution in [1.29, 1.82) is 0 Å². The summed E-state index contributed by atoms with van der Waals surface area (Å²) in [7, 11) is 3.52. The average molecular weight is 376 g/mol. The van der Waals surface area contributed by atoms with Gasteiger partial charge in [0.1, 0.15) is 5.75 Å². The molecule has 0 spiro atoms. The van der Waals surface area contributed by atoms with Crippen LogP contribution in [0.15, 0.2) is 12.1 Å². The van der Waals surface area contributed by atoms with Gasteiger partial charge < -0.3 is 25.0 Å². The fourth-order valence-corrected chi connectivity index (χ4v) is 4.35. The minimum absolute atomic E-state index is 0.0694. The molecule has 2 N–H and O–H groups in total. The van der Waals surface area contributed by atoms with E-state index in [4.69, 9.17) is 4.74 Å². The van der Waals surface area contributed by atoms with Gasteiger partial charge in [-0.1, -0.05) is 6.07 Å². The first-order chi connectivity index (χ1) is 13.0. The van der Waals surface area contributed by atoms with Crippen LogP contribution in [0.4, 0.5) is 10.5 Å². The van der Waals surface area contributed by atoms with Gasteiger partial charge in [-0.15, -0.1) is 0 Å². The molecule has 1 heterocycles. The molecule has 0 bridgehead atoms. The maximum atomic E-state index is 12.8. The second kappa shape index (κ2) is 8.93. The van der Waals surface area contributed by atoms with Crippen LogP contribution < -0.4 is 10.1 Å². The molecule has 2 amide bonds. The molecule has 150 valence electrons. The summed E-state index contributed by atoms with van der Waals surface area (Å²) >= 11 is 0. The Morgan fingerprint density at radius 1 is 1.37 bits per heavy atom. The molecular weight excluding hydrogens is 342 g/mol. The highest BCUT2D eigenvalue weighted by Crippen LogP contribution is 2.36. The number of benzene rings is 1. The Bertz CT molecular complexity index is 654. The number of aliphatic hydroxyl groups is 1. The first-order valence-corrected chi connectivity index (χ1v) is 10.1. The lowest BCUT2D eigenvalue weighted by Gasteiger charge is -2.34. The van der Waals surface area contributed by atoms with Crippen LogP contribution in [-0.2, 0) is 12.8 Å². The van der Waals surface area contributed by atoms with Gasteiger partial charge in [-0.2, -0.15) is 0 Å². The summed E-state index contributed by atoms with van der Waals surface area (Å²) in [5.74, 6) is 1.25. The molecule has 1 atom stereocenters. The van der Waals surface area contributed by atoms with Gasteiger partial charge in [-0.05, 0) is 75.2 Å². The molecule has 27 heavy (non-hydrogen) atoms. The number of nitrogens with zero attached hydrogens (tertiary/aromatic N) is 2. The van der Waals surface area contributed by atoms with Crippen molar-refractivity contribution >= 4 is 11.7 Å². The molecule has 6 heteroatoms. The third-order valence-corrected chi connectivity index (χ3v) is 5.80. The van der Waals surface area contributed by atoms with E-state index in [2.05, 4.69) is 16.3 Å². The van der Waals surface area contributed by atoms with E-state index < -0.39 is 0 Å². The van der Waals surface area contributed by atoms with Crippen molar-refractivity contribution in [3.63, 3.8) is 0 Å². The van der Waals surface area contributed by atoms with E-state index in [1.165, 1.54) is 11.1 Å². The molecule has 1 aromatic carbocycles. The predicted octanol–water partition coefficient (Wildman–Crippen LogP) is 2.74. The van der Waals surface area contributed by atoms with Crippen molar-refractivity contribution in [2.45, 2.75) is 45.1 Å². The lowest BCUT2D eigenvalue weighted by Crippen LogP contribution is -2.42. The minimum Gasteiger partial charge on any atom is -0.495 e. The van der Waals surface area contributed by atoms with Crippen molar-refractivity contribution in [2.75, 3.05) is 45.7 Å². The van der Waals surface area contributed by atoms with Crippen molar-refractivity contribution in [2.24, 2.45) is 5.92 Å². The smallest absolute Gasteiger partial charge is 0.321 e. The van der Waals surface area contributed by atoms with Gasteiger partial charge in [-0.3, -0.25) is 0 Å². The highest BCUT2D eigenvalue weighted by Gasteiger charge is 2.24. The average Bonchev–Trinajstić information content (AvgIpc) is 3.12.